The number of nitrogens with one attached hydrogen (secondary N) is 2. The smallest absolute Gasteiger partial charge is 0.157 e. The van der Waals surface area contributed by atoms with Gasteiger partial charge in [-0.1, -0.05) is 23.7 Å². The topological polar surface area (TPSA) is 91.9 Å². The molecule has 0 spiro atoms. The Hall–Kier alpha value is -3.75. The van der Waals surface area contributed by atoms with Crippen molar-refractivity contribution in [2.45, 2.75) is 0 Å². The summed E-state index contributed by atoms with van der Waals surface area (Å²) in [5.74, 6) is 2.05. The molecule has 33 heavy (non-hydrogen) atoms. The number of aromatic nitrogens is 5. The molecular weight excluding hydrogens is 438 g/mol. The molecule has 0 aliphatic rings. The lowest BCUT2D eigenvalue weighted by Crippen LogP contribution is -2.19. The highest BCUT2D eigenvalue weighted by atomic mass is 35.5. The van der Waals surface area contributed by atoms with Gasteiger partial charge >= 0.3 is 0 Å². The van der Waals surface area contributed by atoms with Crippen molar-refractivity contribution >= 4 is 44.8 Å². The van der Waals surface area contributed by atoms with Gasteiger partial charge in [-0.25, -0.2) is 9.97 Å². The number of pyridine rings is 2. The Morgan fingerprint density at radius 3 is 2.79 bits per heavy atom. The van der Waals surface area contributed by atoms with Gasteiger partial charge in [0.15, 0.2) is 5.82 Å². The van der Waals surface area contributed by atoms with Crippen molar-refractivity contribution in [2.24, 2.45) is 0 Å². The summed E-state index contributed by atoms with van der Waals surface area (Å²) in [6.07, 6.45) is 5.08. The van der Waals surface area contributed by atoms with Crippen LogP contribution in [0.4, 0.5) is 11.5 Å². The Bertz CT molecular complexity index is 1420. The van der Waals surface area contributed by atoms with E-state index in [1.54, 1.807) is 6.20 Å². The van der Waals surface area contributed by atoms with E-state index >= 15 is 0 Å². The average molecular weight is 460 g/mol. The van der Waals surface area contributed by atoms with Gasteiger partial charge < -0.3 is 15.0 Å². The number of nitrogens with zero attached hydrogens (tertiary/aromatic N) is 5. The second kappa shape index (κ2) is 9.01. The van der Waals surface area contributed by atoms with Crippen molar-refractivity contribution in [3.8, 4) is 17.1 Å². The number of fused-ring (bicyclic) bond motifs is 3. The van der Waals surface area contributed by atoms with Gasteiger partial charge in [0.1, 0.15) is 24.5 Å². The van der Waals surface area contributed by atoms with Crippen LogP contribution in [0.25, 0.3) is 33.1 Å². The maximum atomic E-state index is 6.59. The maximum Gasteiger partial charge on any atom is 0.157 e. The third kappa shape index (κ3) is 4.30. The predicted octanol–water partition coefficient (Wildman–Crippen LogP) is 4.91. The number of anilines is 2. The van der Waals surface area contributed by atoms with Gasteiger partial charge in [0, 0.05) is 46.7 Å². The van der Waals surface area contributed by atoms with Crippen LogP contribution in [0.1, 0.15) is 0 Å². The zero-order chi connectivity index (χ0) is 22.8. The first-order chi connectivity index (χ1) is 16.1. The lowest BCUT2D eigenvalue weighted by Gasteiger charge is -2.15. The molecule has 2 aromatic carbocycles. The summed E-state index contributed by atoms with van der Waals surface area (Å²) in [4.78, 5) is 15.7. The number of hydrogen-bond acceptors (Lipinski definition) is 7. The zero-order valence-electron chi connectivity index (χ0n) is 18.2. The summed E-state index contributed by atoms with van der Waals surface area (Å²) in [5, 5.41) is 13.8. The van der Waals surface area contributed by atoms with E-state index in [1.165, 1.54) is 6.33 Å². The minimum atomic E-state index is 0.546. The second-order valence-electron chi connectivity index (χ2n) is 7.84. The van der Waals surface area contributed by atoms with E-state index < -0.39 is 0 Å². The van der Waals surface area contributed by atoms with Crippen molar-refractivity contribution in [1.82, 2.24) is 30.0 Å². The number of hydrogen-bond donors (Lipinski definition) is 2. The summed E-state index contributed by atoms with van der Waals surface area (Å²) in [5.41, 5.74) is 2.38. The fourth-order valence-corrected chi connectivity index (χ4v) is 3.87. The summed E-state index contributed by atoms with van der Waals surface area (Å²) < 4.78 is 5.79. The van der Waals surface area contributed by atoms with Gasteiger partial charge in [0.05, 0.1) is 16.2 Å². The van der Waals surface area contributed by atoms with Crippen molar-refractivity contribution in [3.05, 3.63) is 66.2 Å². The van der Waals surface area contributed by atoms with Crippen LogP contribution in [0.2, 0.25) is 5.02 Å². The molecule has 0 unspecified atom stereocenters. The molecule has 0 bridgehead atoms. The standard InChI is InChI=1S/C24H22ClN7O/c1-32(2)10-11-33-15-6-7-21(20(25)12-15)29-24-17-8-9-26-13-19(17)16-4-3-5-18(22(16)30-24)23-27-14-28-31-23/h3-9,12-14H,10-11H2,1-2H3,(H,29,30)(H,27,28,31). The SMILES string of the molecule is CN(C)CCOc1ccc(Nc2nc3c(-c4ncn[nH]4)cccc3c3cnccc23)c(Cl)c1. The Balaban J connectivity index is 1.56. The highest BCUT2D eigenvalue weighted by Crippen LogP contribution is 2.36. The molecule has 0 amide bonds. The molecule has 9 heteroatoms. The van der Waals surface area contributed by atoms with Gasteiger partial charge in [0.25, 0.3) is 0 Å². The largest absolute Gasteiger partial charge is 0.492 e. The number of H-pyrrole nitrogens is 1. The molecule has 0 saturated carbocycles. The van der Waals surface area contributed by atoms with Crippen LogP contribution >= 0.6 is 11.6 Å². The third-order valence-electron chi connectivity index (χ3n) is 5.30. The Kier molecular flexibility index (Phi) is 5.77. The van der Waals surface area contributed by atoms with Gasteiger partial charge in [0.2, 0.25) is 0 Å². The maximum absolute atomic E-state index is 6.59. The monoisotopic (exact) mass is 459 g/mol. The lowest BCUT2D eigenvalue weighted by molar-refractivity contribution is 0.261. The van der Waals surface area contributed by atoms with E-state index in [9.17, 15) is 0 Å². The van der Waals surface area contributed by atoms with Gasteiger partial charge in [-0.3, -0.25) is 10.1 Å². The molecular formula is C24H22ClN7O. The van der Waals surface area contributed by atoms with E-state index in [0.717, 1.165) is 45.2 Å². The van der Waals surface area contributed by atoms with Crippen LogP contribution in [0.15, 0.2) is 61.2 Å². The molecule has 0 saturated heterocycles. The minimum absolute atomic E-state index is 0.546. The molecule has 5 aromatic rings. The molecule has 0 radical (unpaired) electrons. The first-order valence-electron chi connectivity index (χ1n) is 10.5. The molecule has 0 aliphatic carbocycles. The predicted molar refractivity (Wildman–Crippen MR) is 131 cm³/mol. The van der Waals surface area contributed by atoms with Crippen LogP contribution in [0, 0.1) is 0 Å². The number of likely N-dealkylation sites (N-methyl/N-ethyl adjacent to an activating group) is 1. The van der Waals surface area contributed by atoms with Crippen molar-refractivity contribution in [1.29, 1.82) is 0 Å². The quantitative estimate of drug-likeness (QED) is 0.334. The highest BCUT2D eigenvalue weighted by Gasteiger charge is 2.15. The normalized spacial score (nSPS) is 11.4. The summed E-state index contributed by atoms with van der Waals surface area (Å²) >= 11 is 6.59. The molecule has 5 rings (SSSR count). The zero-order valence-corrected chi connectivity index (χ0v) is 19.0. The molecule has 0 fully saturated rings. The molecule has 8 nitrogen and oxygen atoms in total. The summed E-state index contributed by atoms with van der Waals surface area (Å²) in [7, 11) is 4.02. The van der Waals surface area contributed by atoms with E-state index in [4.69, 9.17) is 21.3 Å². The third-order valence-corrected chi connectivity index (χ3v) is 5.61. The van der Waals surface area contributed by atoms with Crippen LogP contribution < -0.4 is 10.1 Å². The van der Waals surface area contributed by atoms with Crippen molar-refractivity contribution in [2.75, 3.05) is 32.6 Å². The Morgan fingerprint density at radius 2 is 2.00 bits per heavy atom. The van der Waals surface area contributed by atoms with Crippen LogP contribution in [0.5, 0.6) is 5.75 Å². The molecule has 2 N–H and O–H groups in total. The first kappa shape index (κ1) is 21.1. The van der Waals surface area contributed by atoms with Gasteiger partial charge in [-0.2, -0.15) is 5.10 Å². The van der Waals surface area contributed by atoms with Gasteiger partial charge in [-0.15, -0.1) is 0 Å². The summed E-state index contributed by atoms with van der Waals surface area (Å²) in [6, 6.07) is 13.5. The van der Waals surface area contributed by atoms with Crippen molar-refractivity contribution in [3.63, 3.8) is 0 Å². The number of rotatable bonds is 7. The van der Waals surface area contributed by atoms with E-state index in [2.05, 4.69) is 30.4 Å². The average Bonchev–Trinajstić information content (AvgIpc) is 3.35. The highest BCUT2D eigenvalue weighted by molar-refractivity contribution is 6.33. The number of para-hydroxylation sites is 1. The fraction of sp³-hybridized carbons (Fsp3) is 0.167. The molecule has 3 aromatic heterocycles. The van der Waals surface area contributed by atoms with Crippen LogP contribution in [0.3, 0.4) is 0 Å². The molecule has 0 atom stereocenters. The molecule has 3 heterocycles. The molecule has 166 valence electrons. The van der Waals surface area contributed by atoms with E-state index in [0.29, 0.717) is 23.3 Å². The number of aromatic amines is 1. The first-order valence-corrected chi connectivity index (χ1v) is 10.8. The second-order valence-corrected chi connectivity index (χ2v) is 8.24. The fourth-order valence-electron chi connectivity index (χ4n) is 3.65. The number of ether oxygens (including phenoxy) is 1. The number of benzene rings is 2. The van der Waals surface area contributed by atoms with E-state index in [-0.39, 0.29) is 0 Å². The minimum Gasteiger partial charge on any atom is -0.492 e. The summed E-state index contributed by atoms with van der Waals surface area (Å²) in [6.45, 7) is 1.41. The van der Waals surface area contributed by atoms with Crippen LogP contribution in [-0.4, -0.2) is 57.3 Å². The Labute approximate surface area is 195 Å². The number of halogens is 1. The van der Waals surface area contributed by atoms with Crippen molar-refractivity contribution < 1.29 is 4.74 Å². The van der Waals surface area contributed by atoms with Gasteiger partial charge in [-0.05, 0) is 38.4 Å². The van der Waals surface area contributed by atoms with Crippen LogP contribution in [-0.2, 0) is 0 Å². The van der Waals surface area contributed by atoms with E-state index in [1.807, 2.05) is 62.8 Å². The lowest BCUT2D eigenvalue weighted by atomic mass is 10.0. The Morgan fingerprint density at radius 1 is 1.09 bits per heavy atom. The molecule has 0 aliphatic heterocycles.